The number of nitrogens with two attached hydrogens (primary N) is 1. The third kappa shape index (κ3) is 2.37. The van der Waals surface area contributed by atoms with E-state index in [2.05, 4.69) is 10.1 Å². The molecule has 0 saturated heterocycles. The van der Waals surface area contributed by atoms with E-state index in [0.29, 0.717) is 17.0 Å². The van der Waals surface area contributed by atoms with Crippen LogP contribution in [0.1, 0.15) is 17.2 Å². The molecular weight excluding hydrogens is 279 g/mol. The lowest BCUT2D eigenvalue weighted by molar-refractivity contribution is 0.594. The summed E-state index contributed by atoms with van der Waals surface area (Å²) in [5.41, 5.74) is 8.31. The Labute approximate surface area is 120 Å². The van der Waals surface area contributed by atoms with E-state index in [1.165, 1.54) is 12.1 Å². The third-order valence-corrected chi connectivity index (χ3v) is 3.44. The van der Waals surface area contributed by atoms with Crippen LogP contribution in [0.2, 0.25) is 5.02 Å². The smallest absolute Gasteiger partial charge is 0.126 e. The van der Waals surface area contributed by atoms with Crippen molar-refractivity contribution in [2.45, 2.75) is 12.5 Å². The first-order valence-corrected chi connectivity index (χ1v) is 6.49. The van der Waals surface area contributed by atoms with Crippen molar-refractivity contribution in [1.29, 1.82) is 0 Å². The van der Waals surface area contributed by atoms with Crippen LogP contribution in [0.3, 0.4) is 0 Å². The molecule has 0 bridgehead atoms. The topological polar surface area (TPSA) is 56.2 Å². The van der Waals surface area contributed by atoms with Crippen molar-refractivity contribution in [3.8, 4) is 0 Å². The molecule has 0 aliphatic heterocycles. The van der Waals surface area contributed by atoms with Gasteiger partial charge in [-0.15, -0.1) is 0 Å². The van der Waals surface area contributed by atoms with Gasteiger partial charge < -0.3 is 5.73 Å². The lowest BCUT2D eigenvalue weighted by atomic mass is 10.0. The van der Waals surface area contributed by atoms with E-state index >= 15 is 0 Å². The summed E-state index contributed by atoms with van der Waals surface area (Å²) in [6.45, 7) is 0. The summed E-state index contributed by atoms with van der Waals surface area (Å²) >= 11 is 5.89. The fourth-order valence-electron chi connectivity index (χ4n) is 2.19. The summed E-state index contributed by atoms with van der Waals surface area (Å²) in [6.07, 6.45) is 7.11. The lowest BCUT2D eigenvalue weighted by Gasteiger charge is -2.11. The first-order chi connectivity index (χ1) is 9.65. The highest BCUT2D eigenvalue weighted by molar-refractivity contribution is 6.30. The van der Waals surface area contributed by atoms with Crippen LogP contribution >= 0.6 is 11.6 Å². The normalized spacial score (nSPS) is 12.8. The number of halogens is 2. The number of fused-ring (bicyclic) bond motifs is 1. The molecule has 102 valence electrons. The molecule has 1 aromatic carbocycles. The molecule has 0 radical (unpaired) electrons. The summed E-state index contributed by atoms with van der Waals surface area (Å²) in [7, 11) is 0. The summed E-state index contributed by atoms with van der Waals surface area (Å²) < 4.78 is 15.4. The number of hydrogen-bond donors (Lipinski definition) is 1. The van der Waals surface area contributed by atoms with Gasteiger partial charge in [-0.25, -0.2) is 8.91 Å². The van der Waals surface area contributed by atoms with Gasteiger partial charge in [-0.1, -0.05) is 11.6 Å². The molecule has 0 spiro atoms. The zero-order valence-corrected chi connectivity index (χ0v) is 11.3. The van der Waals surface area contributed by atoms with Crippen LogP contribution in [0.15, 0.2) is 43.0 Å². The van der Waals surface area contributed by atoms with Gasteiger partial charge in [-0.3, -0.25) is 4.98 Å². The molecule has 0 aliphatic rings. The van der Waals surface area contributed by atoms with Gasteiger partial charge in [0.1, 0.15) is 5.82 Å². The van der Waals surface area contributed by atoms with Crippen molar-refractivity contribution >= 4 is 17.1 Å². The van der Waals surface area contributed by atoms with Gasteiger partial charge >= 0.3 is 0 Å². The molecule has 2 aromatic heterocycles. The fourth-order valence-corrected chi connectivity index (χ4v) is 2.38. The van der Waals surface area contributed by atoms with Gasteiger partial charge in [0.25, 0.3) is 0 Å². The average Bonchev–Trinajstić information content (AvgIpc) is 2.87. The Morgan fingerprint density at radius 3 is 3.05 bits per heavy atom. The standard InChI is InChI=1S/C14H12ClFN4/c15-10-1-2-12(16)9(5-10)6-13(17)11-7-19-20-4-3-18-8-14(11)20/h1-5,7-8,13H,6,17H2. The molecule has 1 unspecified atom stereocenters. The summed E-state index contributed by atoms with van der Waals surface area (Å²) in [4.78, 5) is 4.06. The number of nitrogens with zero attached hydrogens (tertiary/aromatic N) is 3. The molecule has 2 heterocycles. The second-order valence-corrected chi connectivity index (χ2v) is 4.99. The average molecular weight is 291 g/mol. The number of hydrogen-bond acceptors (Lipinski definition) is 3. The van der Waals surface area contributed by atoms with Crippen molar-refractivity contribution in [1.82, 2.24) is 14.6 Å². The van der Waals surface area contributed by atoms with Crippen molar-refractivity contribution < 1.29 is 4.39 Å². The van der Waals surface area contributed by atoms with Gasteiger partial charge in [0, 0.05) is 29.0 Å². The van der Waals surface area contributed by atoms with E-state index in [1.54, 1.807) is 35.4 Å². The molecule has 0 saturated carbocycles. The number of rotatable bonds is 3. The molecule has 1 atom stereocenters. The second-order valence-electron chi connectivity index (χ2n) is 4.55. The van der Waals surface area contributed by atoms with Crippen LogP contribution in [0.4, 0.5) is 4.39 Å². The second kappa shape index (κ2) is 5.19. The van der Waals surface area contributed by atoms with Crippen LogP contribution < -0.4 is 5.73 Å². The Kier molecular flexibility index (Phi) is 3.38. The fraction of sp³-hybridized carbons (Fsp3) is 0.143. The Balaban J connectivity index is 1.93. The molecule has 20 heavy (non-hydrogen) atoms. The highest BCUT2D eigenvalue weighted by Gasteiger charge is 2.15. The molecule has 0 fully saturated rings. The van der Waals surface area contributed by atoms with Crippen molar-refractivity contribution in [2.75, 3.05) is 0 Å². The van der Waals surface area contributed by atoms with E-state index in [9.17, 15) is 4.39 Å². The van der Waals surface area contributed by atoms with Crippen LogP contribution in [0.5, 0.6) is 0 Å². The van der Waals surface area contributed by atoms with Crippen LogP contribution in [0, 0.1) is 5.82 Å². The molecule has 3 aromatic rings. The predicted octanol–water partition coefficient (Wildman–Crippen LogP) is 2.76. The first kappa shape index (κ1) is 13.0. The van der Waals surface area contributed by atoms with Gasteiger partial charge in [0.2, 0.25) is 0 Å². The van der Waals surface area contributed by atoms with E-state index in [-0.39, 0.29) is 11.9 Å². The maximum absolute atomic E-state index is 13.7. The van der Waals surface area contributed by atoms with Crippen molar-refractivity contribution in [3.63, 3.8) is 0 Å². The highest BCUT2D eigenvalue weighted by atomic mass is 35.5. The van der Waals surface area contributed by atoms with Gasteiger partial charge in [0.05, 0.1) is 17.9 Å². The molecule has 4 nitrogen and oxygen atoms in total. The van der Waals surface area contributed by atoms with Crippen LogP contribution in [-0.2, 0) is 6.42 Å². The van der Waals surface area contributed by atoms with E-state index in [1.807, 2.05) is 0 Å². The zero-order valence-electron chi connectivity index (χ0n) is 10.5. The first-order valence-electron chi connectivity index (χ1n) is 6.12. The van der Waals surface area contributed by atoms with Gasteiger partial charge in [-0.2, -0.15) is 5.10 Å². The Morgan fingerprint density at radius 1 is 1.35 bits per heavy atom. The lowest BCUT2D eigenvalue weighted by Crippen LogP contribution is -2.14. The van der Waals surface area contributed by atoms with Crippen molar-refractivity contribution in [2.24, 2.45) is 5.73 Å². The molecule has 3 rings (SSSR count). The van der Waals surface area contributed by atoms with Crippen LogP contribution in [0.25, 0.3) is 5.52 Å². The predicted molar refractivity (Wildman–Crippen MR) is 75.0 cm³/mol. The van der Waals surface area contributed by atoms with Gasteiger partial charge in [-0.05, 0) is 30.2 Å². The Hall–Kier alpha value is -1.98. The summed E-state index contributed by atoms with van der Waals surface area (Å²) in [6, 6.07) is 4.10. The molecule has 0 aliphatic carbocycles. The van der Waals surface area contributed by atoms with Crippen LogP contribution in [-0.4, -0.2) is 14.6 Å². The Morgan fingerprint density at radius 2 is 2.20 bits per heavy atom. The van der Waals surface area contributed by atoms with E-state index in [0.717, 1.165) is 11.1 Å². The quantitative estimate of drug-likeness (QED) is 0.807. The molecule has 6 heteroatoms. The summed E-state index contributed by atoms with van der Waals surface area (Å²) in [5, 5.41) is 4.69. The number of aromatic nitrogens is 3. The maximum Gasteiger partial charge on any atom is 0.126 e. The number of benzene rings is 1. The van der Waals surface area contributed by atoms with E-state index in [4.69, 9.17) is 17.3 Å². The zero-order chi connectivity index (χ0) is 14.1. The maximum atomic E-state index is 13.7. The van der Waals surface area contributed by atoms with Gasteiger partial charge in [0.15, 0.2) is 0 Å². The SMILES string of the molecule is NC(Cc1cc(Cl)ccc1F)c1cnn2ccncc12. The minimum atomic E-state index is -0.371. The molecular formula is C14H12ClFN4. The summed E-state index contributed by atoms with van der Waals surface area (Å²) in [5.74, 6) is -0.306. The molecule has 2 N–H and O–H groups in total. The highest BCUT2D eigenvalue weighted by Crippen LogP contribution is 2.23. The minimum absolute atomic E-state index is 0.306. The Bertz CT molecular complexity index is 756. The van der Waals surface area contributed by atoms with E-state index < -0.39 is 0 Å². The monoisotopic (exact) mass is 290 g/mol. The minimum Gasteiger partial charge on any atom is -0.324 e. The molecule has 0 amide bonds. The van der Waals surface area contributed by atoms with Crippen molar-refractivity contribution in [3.05, 3.63) is 65.0 Å². The largest absolute Gasteiger partial charge is 0.324 e. The third-order valence-electron chi connectivity index (χ3n) is 3.20.